The number of carboxylic acid groups (broad SMARTS) is 1. The number of piperazine rings is 1. The van der Waals surface area contributed by atoms with E-state index < -0.39 is 11.9 Å². The van der Waals surface area contributed by atoms with Gasteiger partial charge in [-0.3, -0.25) is 4.90 Å². The van der Waals surface area contributed by atoms with Gasteiger partial charge in [-0.15, -0.1) is 6.58 Å². The minimum atomic E-state index is -0.913. The van der Waals surface area contributed by atoms with E-state index in [0.29, 0.717) is 27.5 Å². The van der Waals surface area contributed by atoms with Crippen molar-refractivity contribution in [3.63, 3.8) is 0 Å². The molecule has 31 heavy (non-hydrogen) atoms. The Bertz CT molecular complexity index is 1060. The van der Waals surface area contributed by atoms with E-state index in [-0.39, 0.29) is 34.7 Å². The highest BCUT2D eigenvalue weighted by atomic mass is 79.9. The number of pyridine rings is 1. The second-order valence-electron chi connectivity index (χ2n) is 7.72. The van der Waals surface area contributed by atoms with Crippen LogP contribution in [0.1, 0.15) is 26.7 Å². The number of amides is 1. The number of nitrogens with zero attached hydrogens (tertiary/aromatic N) is 5. The van der Waals surface area contributed by atoms with Crippen LogP contribution in [0, 0.1) is 11.7 Å². The molecule has 2 bridgehead atoms. The normalized spacial score (nSPS) is 24.0. The molecule has 0 aromatic carbocycles. The molecule has 7 nitrogen and oxygen atoms in total. The van der Waals surface area contributed by atoms with E-state index in [0.717, 1.165) is 18.6 Å². The largest absolute Gasteiger partial charge is 0.465 e. The number of thioether (sulfide) groups is 1. The fraction of sp³-hybridized carbons (Fsp3) is 0.500. The Hall–Kier alpha value is -1.65. The highest BCUT2D eigenvalue weighted by Gasteiger charge is 2.50. The fourth-order valence-electron chi connectivity index (χ4n) is 4.75. The highest BCUT2D eigenvalue weighted by molar-refractivity contribution is 9.10. The number of anilines is 1. The molecule has 11 heteroatoms. The summed E-state index contributed by atoms with van der Waals surface area (Å²) in [5.74, 6) is 0.539. The van der Waals surface area contributed by atoms with Gasteiger partial charge in [0.15, 0.2) is 16.1 Å². The summed E-state index contributed by atoms with van der Waals surface area (Å²) in [6, 6.07) is -0.567. The fourth-order valence-corrected chi connectivity index (χ4v) is 6.13. The Morgan fingerprint density at radius 3 is 2.84 bits per heavy atom. The van der Waals surface area contributed by atoms with Gasteiger partial charge in [-0.1, -0.05) is 43.3 Å². The van der Waals surface area contributed by atoms with Crippen molar-refractivity contribution in [2.24, 2.45) is 5.92 Å². The van der Waals surface area contributed by atoms with Gasteiger partial charge >= 0.3 is 6.09 Å². The lowest BCUT2D eigenvalue weighted by molar-refractivity contribution is 0.0952. The van der Waals surface area contributed by atoms with Crippen molar-refractivity contribution < 1.29 is 14.3 Å². The summed E-state index contributed by atoms with van der Waals surface area (Å²) in [5, 5.41) is 10.4. The van der Waals surface area contributed by atoms with E-state index in [1.54, 1.807) is 4.90 Å². The van der Waals surface area contributed by atoms with Crippen molar-refractivity contribution in [1.82, 2.24) is 19.9 Å². The van der Waals surface area contributed by atoms with E-state index in [1.165, 1.54) is 11.8 Å². The predicted molar refractivity (Wildman–Crippen MR) is 124 cm³/mol. The zero-order chi connectivity index (χ0) is 22.4. The third-order valence-electron chi connectivity index (χ3n) is 6.05. The zero-order valence-electron chi connectivity index (χ0n) is 17.1. The van der Waals surface area contributed by atoms with Crippen LogP contribution in [0.15, 0.2) is 22.4 Å². The van der Waals surface area contributed by atoms with Crippen LogP contribution >= 0.6 is 39.3 Å². The third-order valence-corrected chi connectivity index (χ3v) is 7.60. The SMILES string of the molecule is C=C[C@@H](C)[C@H]1[C@@H]2CC[C@H](CN1c1nc(SCC)nc3c(F)c(Cl)nc(Br)c13)N2C(=O)O. The van der Waals surface area contributed by atoms with Gasteiger partial charge < -0.3 is 10.0 Å². The van der Waals surface area contributed by atoms with E-state index in [1.807, 2.05) is 19.9 Å². The molecule has 2 aromatic rings. The van der Waals surface area contributed by atoms with Crippen LogP contribution in [-0.4, -0.2) is 61.5 Å². The zero-order valence-corrected chi connectivity index (χ0v) is 20.2. The first-order chi connectivity index (χ1) is 14.8. The van der Waals surface area contributed by atoms with Crippen LogP contribution in [0.5, 0.6) is 0 Å². The molecule has 0 aliphatic carbocycles. The molecule has 0 unspecified atom stereocenters. The maximum Gasteiger partial charge on any atom is 0.407 e. The Morgan fingerprint density at radius 2 is 2.19 bits per heavy atom. The van der Waals surface area contributed by atoms with Crippen LogP contribution < -0.4 is 4.90 Å². The summed E-state index contributed by atoms with van der Waals surface area (Å²) in [7, 11) is 0. The minimum Gasteiger partial charge on any atom is -0.465 e. The number of halogens is 3. The molecule has 0 saturated carbocycles. The second kappa shape index (κ2) is 8.71. The maximum atomic E-state index is 15.0. The summed E-state index contributed by atoms with van der Waals surface area (Å²) in [6.45, 7) is 8.37. The molecule has 2 aliphatic heterocycles. The highest BCUT2D eigenvalue weighted by Crippen LogP contribution is 2.43. The smallest absolute Gasteiger partial charge is 0.407 e. The topological polar surface area (TPSA) is 82.5 Å². The van der Waals surface area contributed by atoms with E-state index >= 15 is 0 Å². The third kappa shape index (κ3) is 3.76. The molecule has 0 radical (unpaired) electrons. The van der Waals surface area contributed by atoms with Crippen molar-refractivity contribution >= 4 is 62.1 Å². The van der Waals surface area contributed by atoms with Gasteiger partial charge in [0.25, 0.3) is 0 Å². The number of carbonyl (C=O) groups is 1. The van der Waals surface area contributed by atoms with Gasteiger partial charge in [-0.25, -0.2) is 24.1 Å². The van der Waals surface area contributed by atoms with Crippen molar-refractivity contribution in [2.45, 2.75) is 50.0 Å². The van der Waals surface area contributed by atoms with Crippen molar-refractivity contribution in [2.75, 3.05) is 17.2 Å². The first-order valence-corrected chi connectivity index (χ1v) is 12.2. The summed E-state index contributed by atoms with van der Waals surface area (Å²) in [6.07, 6.45) is 2.44. The molecule has 1 amide bonds. The Morgan fingerprint density at radius 1 is 1.45 bits per heavy atom. The summed E-state index contributed by atoms with van der Waals surface area (Å²) in [4.78, 5) is 28.9. The average molecular weight is 531 g/mol. The number of aromatic nitrogens is 3. The standard InChI is InChI=1S/C20H22BrClFN5O2S/c1-4-9(3)15-11-7-6-10(28(11)20(29)30)8-27(15)18-12-14(24-19(26-18)31-5-2)13(23)17(22)25-16(12)21/h4,9-11,15H,1,5-8H2,2-3H3,(H,29,30)/t9-,10-,11+,15+/m1/s1. The Balaban J connectivity index is 1.95. The lowest BCUT2D eigenvalue weighted by Gasteiger charge is -2.48. The first-order valence-electron chi connectivity index (χ1n) is 10.0. The lowest BCUT2D eigenvalue weighted by atomic mass is 9.90. The molecular formula is C20H22BrClFN5O2S. The molecule has 0 spiro atoms. The molecule has 2 saturated heterocycles. The van der Waals surface area contributed by atoms with Gasteiger partial charge in [0, 0.05) is 6.54 Å². The van der Waals surface area contributed by atoms with Gasteiger partial charge in [0.05, 0.1) is 23.5 Å². The van der Waals surface area contributed by atoms with Gasteiger partial charge in [-0.2, -0.15) is 0 Å². The Labute approximate surface area is 197 Å². The molecule has 4 rings (SSSR count). The first kappa shape index (κ1) is 22.5. The van der Waals surface area contributed by atoms with E-state index in [9.17, 15) is 14.3 Å². The second-order valence-corrected chi connectivity index (χ2v) is 10.1. The van der Waals surface area contributed by atoms with Gasteiger partial charge in [-0.05, 0) is 40.4 Å². The van der Waals surface area contributed by atoms with E-state index in [2.05, 4.69) is 37.4 Å². The molecule has 4 atom stereocenters. The Kier molecular flexibility index (Phi) is 6.33. The number of rotatable bonds is 5. The quantitative estimate of drug-likeness (QED) is 0.246. The summed E-state index contributed by atoms with van der Waals surface area (Å²) >= 11 is 10.8. The van der Waals surface area contributed by atoms with Crippen LogP contribution in [-0.2, 0) is 0 Å². The van der Waals surface area contributed by atoms with Crippen LogP contribution in [0.25, 0.3) is 10.9 Å². The lowest BCUT2D eigenvalue weighted by Crippen LogP contribution is -2.63. The number of hydrogen-bond donors (Lipinski definition) is 1. The number of fused-ring (bicyclic) bond motifs is 3. The predicted octanol–water partition coefficient (Wildman–Crippen LogP) is 5.21. The molecule has 166 valence electrons. The summed E-state index contributed by atoms with van der Waals surface area (Å²) in [5.41, 5.74) is 0.103. The number of hydrogen-bond acceptors (Lipinski definition) is 6. The molecule has 2 aliphatic rings. The average Bonchev–Trinajstić information content (AvgIpc) is 3.05. The van der Waals surface area contributed by atoms with Crippen LogP contribution in [0.2, 0.25) is 5.15 Å². The monoisotopic (exact) mass is 529 g/mol. The van der Waals surface area contributed by atoms with Crippen LogP contribution in [0.4, 0.5) is 15.0 Å². The van der Waals surface area contributed by atoms with Gasteiger partial charge in [0.1, 0.15) is 15.9 Å². The molecular weight excluding hydrogens is 509 g/mol. The maximum absolute atomic E-state index is 15.0. The van der Waals surface area contributed by atoms with Crippen molar-refractivity contribution in [1.29, 1.82) is 0 Å². The summed E-state index contributed by atoms with van der Waals surface area (Å²) < 4.78 is 15.3. The minimum absolute atomic E-state index is 0.0259. The van der Waals surface area contributed by atoms with E-state index in [4.69, 9.17) is 16.6 Å². The van der Waals surface area contributed by atoms with Gasteiger partial charge in [0.2, 0.25) is 0 Å². The van der Waals surface area contributed by atoms with Crippen molar-refractivity contribution in [3.8, 4) is 0 Å². The molecule has 4 heterocycles. The molecule has 2 aromatic heterocycles. The van der Waals surface area contributed by atoms with Crippen LogP contribution in [0.3, 0.4) is 0 Å². The molecule has 2 fully saturated rings. The molecule has 1 N–H and O–H groups in total. The van der Waals surface area contributed by atoms with Crippen molar-refractivity contribution in [3.05, 3.63) is 28.2 Å².